The monoisotopic (exact) mass is 551 g/mol. The summed E-state index contributed by atoms with van der Waals surface area (Å²) in [6, 6.07) is 6.78. The molecule has 1 aromatic heterocycles. The first-order valence-corrected chi connectivity index (χ1v) is 13.2. The summed E-state index contributed by atoms with van der Waals surface area (Å²) < 4.78 is 36.6. The molecule has 2 aromatic rings. The molecule has 0 saturated carbocycles. The second-order valence-corrected chi connectivity index (χ2v) is 10.7. The van der Waals surface area contributed by atoms with Gasteiger partial charge in [-0.3, -0.25) is 23.7 Å². The van der Waals surface area contributed by atoms with Crippen LogP contribution >= 0.6 is 7.75 Å². The highest BCUT2D eigenvalue weighted by Gasteiger charge is 2.56. The summed E-state index contributed by atoms with van der Waals surface area (Å²) in [5.74, 6) is 1.60. The third-order valence-electron chi connectivity index (χ3n) is 5.56. The van der Waals surface area contributed by atoms with Crippen molar-refractivity contribution in [1.82, 2.24) is 14.6 Å². The second kappa shape index (κ2) is 11.7. The van der Waals surface area contributed by atoms with Gasteiger partial charge >= 0.3 is 19.4 Å². The average molecular weight is 551 g/mol. The van der Waals surface area contributed by atoms with Crippen LogP contribution in [0.2, 0.25) is 0 Å². The Bertz CT molecular complexity index is 1350. The summed E-state index contributed by atoms with van der Waals surface area (Å²) in [6.45, 7) is 5.32. The zero-order chi connectivity index (χ0) is 28.3. The molecule has 1 saturated heterocycles. The van der Waals surface area contributed by atoms with Crippen molar-refractivity contribution in [3.8, 4) is 18.1 Å². The summed E-state index contributed by atoms with van der Waals surface area (Å²) >= 11 is 0. The molecule has 38 heavy (non-hydrogen) atoms. The van der Waals surface area contributed by atoms with Crippen molar-refractivity contribution in [3.05, 3.63) is 62.9 Å². The lowest BCUT2D eigenvalue weighted by Crippen LogP contribution is -2.46. The number of aromatic amines is 1. The van der Waals surface area contributed by atoms with Gasteiger partial charge < -0.3 is 24.2 Å². The van der Waals surface area contributed by atoms with E-state index in [4.69, 9.17) is 24.9 Å². The maximum absolute atomic E-state index is 13.7. The van der Waals surface area contributed by atoms with Crippen LogP contribution in [0, 0.1) is 19.3 Å². The number of aromatic nitrogens is 2. The topological polar surface area (TPSA) is 178 Å². The number of ether oxygens (including phenoxy) is 2. The molecule has 1 aliphatic rings. The number of carbonyl (C=O) groups excluding carboxylic acids is 1. The van der Waals surface area contributed by atoms with Crippen LogP contribution in [0.4, 0.5) is 0 Å². The highest BCUT2D eigenvalue weighted by molar-refractivity contribution is 7.52. The Hall–Kier alpha value is -3.24. The Morgan fingerprint density at radius 3 is 2.55 bits per heavy atom. The van der Waals surface area contributed by atoms with Gasteiger partial charge in [0.05, 0.1) is 6.10 Å². The van der Waals surface area contributed by atoms with Crippen molar-refractivity contribution in [1.29, 1.82) is 0 Å². The molecule has 4 N–H and O–H groups in total. The van der Waals surface area contributed by atoms with Gasteiger partial charge in [0, 0.05) is 11.8 Å². The van der Waals surface area contributed by atoms with Crippen LogP contribution in [0.25, 0.3) is 0 Å². The number of para-hydroxylation sites is 1. The van der Waals surface area contributed by atoms with Gasteiger partial charge in [0.15, 0.2) is 11.8 Å². The molecule has 1 aromatic carbocycles. The van der Waals surface area contributed by atoms with Gasteiger partial charge in [-0.15, -0.1) is 6.42 Å². The molecule has 13 nitrogen and oxygen atoms in total. The van der Waals surface area contributed by atoms with Crippen molar-refractivity contribution < 1.29 is 38.1 Å². The standard InChI is InChI=1S/C24H30N3O10P/c1-6-24(19(29)18(28)21(36-24)27-12-15(4)20(30)25-23(27)32)13-34-38(33,37-17-10-8-7-9-11-17)26-16(5)22(31)35-14(2)3/h1,7-12,14,16,18-19,21,28-29H,13H2,2-5H3,(H,26,33)(H,25,30,32)/t16-,18?,19?,21+,24+,38?/m0/s1. The van der Waals surface area contributed by atoms with Crippen molar-refractivity contribution in [2.75, 3.05) is 6.61 Å². The number of hydrogen-bond donors (Lipinski definition) is 4. The number of nitrogens with zero attached hydrogens (tertiary/aromatic N) is 1. The van der Waals surface area contributed by atoms with Crippen molar-refractivity contribution in [2.24, 2.45) is 0 Å². The quantitative estimate of drug-likeness (QED) is 0.185. The summed E-state index contributed by atoms with van der Waals surface area (Å²) in [6.07, 6.45) is 1.28. The molecule has 0 aliphatic carbocycles. The van der Waals surface area contributed by atoms with E-state index in [2.05, 4.69) is 16.0 Å². The first kappa shape index (κ1) is 29.3. The number of terminal acetylenes is 1. The lowest BCUT2D eigenvalue weighted by atomic mass is 9.97. The van der Waals surface area contributed by atoms with E-state index < -0.39 is 67.8 Å². The van der Waals surface area contributed by atoms with Crippen LogP contribution in [0.5, 0.6) is 5.75 Å². The highest BCUT2D eigenvalue weighted by atomic mass is 31.2. The minimum absolute atomic E-state index is 0.128. The molecule has 1 aliphatic heterocycles. The van der Waals surface area contributed by atoms with E-state index in [1.54, 1.807) is 32.0 Å². The first-order chi connectivity index (χ1) is 17.8. The Labute approximate surface area is 218 Å². The third kappa shape index (κ3) is 6.42. The van der Waals surface area contributed by atoms with E-state index in [1.807, 2.05) is 0 Å². The van der Waals surface area contributed by atoms with Crippen LogP contribution in [0.15, 0.2) is 46.1 Å². The molecule has 0 spiro atoms. The zero-order valence-corrected chi connectivity index (χ0v) is 22.1. The summed E-state index contributed by atoms with van der Waals surface area (Å²) in [5.41, 5.74) is -3.52. The normalized spacial score (nSPS) is 25.4. The van der Waals surface area contributed by atoms with E-state index in [1.165, 1.54) is 26.0 Å². The maximum Gasteiger partial charge on any atom is 0.459 e. The van der Waals surface area contributed by atoms with Crippen LogP contribution in [0.3, 0.4) is 0 Å². The number of benzene rings is 1. The summed E-state index contributed by atoms with van der Waals surface area (Å²) in [4.78, 5) is 38.5. The van der Waals surface area contributed by atoms with Crippen LogP contribution in [-0.2, 0) is 23.4 Å². The zero-order valence-electron chi connectivity index (χ0n) is 21.2. The lowest BCUT2D eigenvalue weighted by molar-refractivity contribution is -0.149. The minimum atomic E-state index is -4.40. The molecule has 0 radical (unpaired) electrons. The molecule has 206 valence electrons. The molecule has 2 heterocycles. The maximum atomic E-state index is 13.7. The van der Waals surface area contributed by atoms with Gasteiger partial charge in [-0.05, 0) is 39.8 Å². The number of esters is 1. The van der Waals surface area contributed by atoms with Gasteiger partial charge in [0.25, 0.3) is 5.56 Å². The van der Waals surface area contributed by atoms with E-state index in [9.17, 15) is 29.2 Å². The van der Waals surface area contributed by atoms with E-state index in [-0.39, 0.29) is 11.3 Å². The number of H-pyrrole nitrogens is 1. The van der Waals surface area contributed by atoms with Crippen molar-refractivity contribution in [3.63, 3.8) is 0 Å². The fourth-order valence-corrected chi connectivity index (χ4v) is 5.10. The molecular weight excluding hydrogens is 521 g/mol. The summed E-state index contributed by atoms with van der Waals surface area (Å²) in [7, 11) is -4.40. The van der Waals surface area contributed by atoms with Crippen LogP contribution in [-0.4, -0.2) is 62.3 Å². The number of aliphatic hydroxyl groups excluding tert-OH is 2. The number of aryl methyl sites for hydroxylation is 1. The number of carbonyl (C=O) groups is 1. The second-order valence-electron chi connectivity index (χ2n) is 8.97. The largest absolute Gasteiger partial charge is 0.462 e. The smallest absolute Gasteiger partial charge is 0.459 e. The van der Waals surface area contributed by atoms with Gasteiger partial charge in [-0.1, -0.05) is 24.1 Å². The SMILES string of the molecule is C#C[C@]1(COP(=O)(N[C@@H](C)C(=O)OC(C)C)Oc2ccccc2)O[C@@H](n2cc(C)c(=O)[nH]c2=O)C(O)C1O. The number of hydrogen-bond acceptors (Lipinski definition) is 10. The molecule has 0 bridgehead atoms. The third-order valence-corrected chi connectivity index (χ3v) is 7.19. The average Bonchev–Trinajstić information content (AvgIpc) is 3.11. The first-order valence-electron chi connectivity index (χ1n) is 11.6. The van der Waals surface area contributed by atoms with Crippen molar-refractivity contribution in [2.45, 2.75) is 63.9 Å². The predicted octanol–water partition coefficient (Wildman–Crippen LogP) is 0.601. The number of nitrogens with one attached hydrogen (secondary N) is 2. The van der Waals surface area contributed by atoms with E-state index >= 15 is 0 Å². The molecule has 3 rings (SSSR count). The molecule has 3 unspecified atom stereocenters. The fourth-order valence-electron chi connectivity index (χ4n) is 3.58. The minimum Gasteiger partial charge on any atom is -0.462 e. The van der Waals surface area contributed by atoms with Gasteiger partial charge in [-0.2, -0.15) is 5.09 Å². The lowest BCUT2D eigenvalue weighted by Gasteiger charge is -2.29. The van der Waals surface area contributed by atoms with Crippen LogP contribution < -0.4 is 20.9 Å². The molecular formula is C24H30N3O10P. The summed E-state index contributed by atoms with van der Waals surface area (Å²) in [5, 5.41) is 24.0. The Kier molecular flexibility index (Phi) is 8.99. The fraction of sp³-hybridized carbons (Fsp3) is 0.458. The Balaban J connectivity index is 1.89. The number of aliphatic hydroxyl groups is 2. The Morgan fingerprint density at radius 1 is 1.29 bits per heavy atom. The Morgan fingerprint density at radius 2 is 1.95 bits per heavy atom. The van der Waals surface area contributed by atoms with Crippen molar-refractivity contribution >= 4 is 13.7 Å². The molecule has 1 fully saturated rings. The van der Waals surface area contributed by atoms with Crippen LogP contribution in [0.1, 0.15) is 32.6 Å². The number of rotatable bonds is 10. The highest BCUT2D eigenvalue weighted by Crippen LogP contribution is 2.47. The molecule has 6 atom stereocenters. The van der Waals surface area contributed by atoms with E-state index in [0.29, 0.717) is 0 Å². The van der Waals surface area contributed by atoms with Gasteiger partial charge in [0.2, 0.25) is 0 Å². The van der Waals surface area contributed by atoms with Gasteiger partial charge in [-0.25, -0.2) is 9.36 Å². The predicted molar refractivity (Wildman–Crippen MR) is 134 cm³/mol. The molecule has 14 heteroatoms. The molecule has 0 amide bonds. The van der Waals surface area contributed by atoms with Gasteiger partial charge in [0.1, 0.15) is 30.6 Å². The van der Waals surface area contributed by atoms with E-state index in [0.717, 1.165) is 10.8 Å².